The average Bonchev–Trinajstić information content (AvgIpc) is 3.11. The third kappa shape index (κ3) is 4.03. The van der Waals surface area contributed by atoms with Crippen molar-refractivity contribution in [1.82, 2.24) is 15.4 Å². The number of carbonyl (C=O) groups is 1. The van der Waals surface area contributed by atoms with E-state index < -0.39 is 0 Å². The SMILES string of the molecule is Cc1ccc(-c2cc(C(=O)NCC(C)N3CCCCC3)no2)cc1. The van der Waals surface area contributed by atoms with Gasteiger partial charge in [0.1, 0.15) is 0 Å². The molecule has 1 N–H and O–H groups in total. The van der Waals surface area contributed by atoms with Crippen LogP contribution < -0.4 is 5.32 Å². The number of nitrogens with one attached hydrogen (secondary N) is 1. The summed E-state index contributed by atoms with van der Waals surface area (Å²) in [6, 6.07) is 10.0. The molecule has 0 saturated carbocycles. The highest BCUT2D eigenvalue weighted by Gasteiger charge is 2.19. The number of aromatic nitrogens is 1. The van der Waals surface area contributed by atoms with Gasteiger partial charge in [0.2, 0.25) is 0 Å². The number of hydrogen-bond donors (Lipinski definition) is 1. The minimum atomic E-state index is -0.180. The summed E-state index contributed by atoms with van der Waals surface area (Å²) in [6.07, 6.45) is 3.82. The molecule has 0 spiro atoms. The van der Waals surface area contributed by atoms with Gasteiger partial charge in [0.05, 0.1) is 0 Å². The number of hydrogen-bond acceptors (Lipinski definition) is 4. The van der Waals surface area contributed by atoms with Gasteiger partial charge in [-0.1, -0.05) is 41.4 Å². The number of aryl methyl sites for hydroxylation is 1. The Balaban J connectivity index is 1.56. The topological polar surface area (TPSA) is 58.4 Å². The van der Waals surface area contributed by atoms with Gasteiger partial charge in [-0.05, 0) is 39.8 Å². The van der Waals surface area contributed by atoms with Crippen molar-refractivity contribution in [1.29, 1.82) is 0 Å². The van der Waals surface area contributed by atoms with E-state index in [1.54, 1.807) is 6.07 Å². The number of likely N-dealkylation sites (tertiary alicyclic amines) is 1. The first kappa shape index (κ1) is 16.7. The van der Waals surface area contributed by atoms with Crippen LogP contribution in [-0.2, 0) is 0 Å². The molecule has 0 radical (unpaired) electrons. The molecule has 0 aliphatic carbocycles. The number of benzene rings is 1. The van der Waals surface area contributed by atoms with Crippen molar-refractivity contribution in [3.05, 3.63) is 41.6 Å². The molecule has 0 bridgehead atoms. The summed E-state index contributed by atoms with van der Waals surface area (Å²) in [6.45, 7) is 7.07. The predicted octanol–water partition coefficient (Wildman–Crippen LogP) is 3.25. The highest BCUT2D eigenvalue weighted by atomic mass is 16.5. The fraction of sp³-hybridized carbons (Fsp3) is 0.474. The van der Waals surface area contributed by atoms with E-state index in [1.165, 1.54) is 24.8 Å². The van der Waals surface area contributed by atoms with Crippen molar-refractivity contribution in [3.8, 4) is 11.3 Å². The largest absolute Gasteiger partial charge is 0.355 e. The highest BCUT2D eigenvalue weighted by molar-refractivity contribution is 5.93. The first-order chi connectivity index (χ1) is 11.6. The van der Waals surface area contributed by atoms with Gasteiger partial charge in [-0.2, -0.15) is 0 Å². The van der Waals surface area contributed by atoms with E-state index in [9.17, 15) is 4.79 Å². The number of rotatable bonds is 5. The summed E-state index contributed by atoms with van der Waals surface area (Å²) >= 11 is 0. The Kier molecular flexibility index (Phi) is 5.30. The molecule has 24 heavy (non-hydrogen) atoms. The van der Waals surface area contributed by atoms with Crippen molar-refractivity contribution >= 4 is 5.91 Å². The monoisotopic (exact) mass is 327 g/mol. The lowest BCUT2D eigenvalue weighted by molar-refractivity contribution is 0.0921. The minimum Gasteiger partial charge on any atom is -0.355 e. The van der Waals surface area contributed by atoms with Gasteiger partial charge in [-0.15, -0.1) is 0 Å². The van der Waals surface area contributed by atoms with Gasteiger partial charge in [-0.3, -0.25) is 9.69 Å². The summed E-state index contributed by atoms with van der Waals surface area (Å²) in [5.41, 5.74) is 2.44. The van der Waals surface area contributed by atoms with Gasteiger partial charge >= 0.3 is 0 Å². The van der Waals surface area contributed by atoms with Gasteiger partial charge in [0.25, 0.3) is 5.91 Å². The number of carbonyl (C=O) groups excluding carboxylic acids is 1. The lowest BCUT2D eigenvalue weighted by Gasteiger charge is -2.32. The molecule has 1 aliphatic rings. The lowest BCUT2D eigenvalue weighted by Crippen LogP contribution is -2.44. The quantitative estimate of drug-likeness (QED) is 0.916. The van der Waals surface area contributed by atoms with Crippen molar-refractivity contribution in [3.63, 3.8) is 0 Å². The third-order valence-electron chi connectivity index (χ3n) is 4.65. The molecule has 5 heteroatoms. The molecule has 1 amide bonds. The van der Waals surface area contributed by atoms with E-state index in [2.05, 4.69) is 22.3 Å². The predicted molar refractivity (Wildman–Crippen MR) is 93.9 cm³/mol. The third-order valence-corrected chi connectivity index (χ3v) is 4.65. The molecule has 1 saturated heterocycles. The van der Waals surface area contributed by atoms with Gasteiger partial charge in [-0.25, -0.2) is 0 Å². The molecule has 1 fully saturated rings. The van der Waals surface area contributed by atoms with Crippen LogP contribution in [0.15, 0.2) is 34.9 Å². The molecule has 5 nitrogen and oxygen atoms in total. The second kappa shape index (κ2) is 7.62. The van der Waals surface area contributed by atoms with Gasteiger partial charge in [0, 0.05) is 24.2 Å². The summed E-state index contributed by atoms with van der Waals surface area (Å²) in [5, 5.41) is 6.87. The molecule has 1 unspecified atom stereocenters. The van der Waals surface area contributed by atoms with Crippen LogP contribution in [0, 0.1) is 6.92 Å². The Morgan fingerprint density at radius 1 is 1.25 bits per heavy atom. The molecule has 1 aromatic heterocycles. The summed E-state index contributed by atoms with van der Waals surface area (Å²) in [5.74, 6) is 0.435. The molecule has 2 heterocycles. The van der Waals surface area contributed by atoms with E-state index in [4.69, 9.17) is 4.52 Å². The van der Waals surface area contributed by atoms with E-state index >= 15 is 0 Å². The smallest absolute Gasteiger partial charge is 0.273 e. The van der Waals surface area contributed by atoms with Crippen LogP contribution in [-0.4, -0.2) is 41.6 Å². The van der Waals surface area contributed by atoms with Crippen molar-refractivity contribution < 1.29 is 9.32 Å². The van der Waals surface area contributed by atoms with Crippen molar-refractivity contribution in [2.75, 3.05) is 19.6 Å². The Labute approximate surface area is 143 Å². The number of nitrogens with zero attached hydrogens (tertiary/aromatic N) is 2. The van der Waals surface area contributed by atoms with Crippen LogP contribution in [0.3, 0.4) is 0 Å². The normalized spacial score (nSPS) is 16.8. The maximum absolute atomic E-state index is 12.3. The molecular formula is C19H25N3O2. The maximum atomic E-state index is 12.3. The van der Waals surface area contributed by atoms with Crippen molar-refractivity contribution in [2.24, 2.45) is 0 Å². The molecule has 3 rings (SSSR count). The fourth-order valence-electron chi connectivity index (χ4n) is 3.06. The van der Waals surface area contributed by atoms with Crippen LogP contribution >= 0.6 is 0 Å². The first-order valence-corrected chi connectivity index (χ1v) is 8.69. The Hall–Kier alpha value is -2.14. The van der Waals surface area contributed by atoms with Crippen molar-refractivity contribution in [2.45, 2.75) is 39.2 Å². The Morgan fingerprint density at radius 2 is 1.96 bits per heavy atom. The van der Waals surface area contributed by atoms with E-state index in [-0.39, 0.29) is 5.91 Å². The Morgan fingerprint density at radius 3 is 2.67 bits per heavy atom. The molecule has 1 aromatic carbocycles. The minimum absolute atomic E-state index is 0.180. The molecule has 128 valence electrons. The lowest BCUT2D eigenvalue weighted by atomic mass is 10.1. The maximum Gasteiger partial charge on any atom is 0.273 e. The summed E-state index contributed by atoms with van der Waals surface area (Å²) in [7, 11) is 0. The number of piperidine rings is 1. The summed E-state index contributed by atoms with van der Waals surface area (Å²) in [4.78, 5) is 14.7. The van der Waals surface area contributed by atoms with Gasteiger partial charge < -0.3 is 9.84 Å². The zero-order valence-corrected chi connectivity index (χ0v) is 14.4. The van der Waals surface area contributed by atoms with Crippen LogP contribution in [0.5, 0.6) is 0 Å². The fourth-order valence-corrected chi connectivity index (χ4v) is 3.06. The standard InChI is InChI=1S/C19H25N3O2/c1-14-6-8-16(9-7-14)18-12-17(21-24-18)19(23)20-13-15(2)22-10-4-3-5-11-22/h6-9,12,15H,3-5,10-11,13H2,1-2H3,(H,20,23). The van der Waals surface area contributed by atoms with E-state index in [1.807, 2.05) is 31.2 Å². The molecule has 1 aliphatic heterocycles. The average molecular weight is 327 g/mol. The van der Waals surface area contributed by atoms with Crippen LogP contribution in [0.25, 0.3) is 11.3 Å². The van der Waals surface area contributed by atoms with E-state index in [0.29, 0.717) is 24.0 Å². The van der Waals surface area contributed by atoms with Gasteiger partial charge in [0.15, 0.2) is 11.5 Å². The van der Waals surface area contributed by atoms with Crippen LogP contribution in [0.4, 0.5) is 0 Å². The Bertz CT molecular complexity index is 672. The highest BCUT2D eigenvalue weighted by Crippen LogP contribution is 2.20. The first-order valence-electron chi connectivity index (χ1n) is 8.69. The second-order valence-corrected chi connectivity index (χ2v) is 6.60. The zero-order valence-electron chi connectivity index (χ0n) is 14.4. The summed E-state index contributed by atoms with van der Waals surface area (Å²) < 4.78 is 5.31. The van der Waals surface area contributed by atoms with E-state index in [0.717, 1.165) is 18.7 Å². The second-order valence-electron chi connectivity index (χ2n) is 6.60. The number of amides is 1. The van der Waals surface area contributed by atoms with Crippen LogP contribution in [0.1, 0.15) is 42.2 Å². The molecule has 2 aromatic rings. The zero-order chi connectivity index (χ0) is 16.9. The van der Waals surface area contributed by atoms with Crippen LogP contribution in [0.2, 0.25) is 0 Å². The molecular weight excluding hydrogens is 302 g/mol. The molecule has 1 atom stereocenters.